The van der Waals surface area contributed by atoms with Crippen LogP contribution < -0.4 is 4.90 Å². The zero-order valence-electron chi connectivity index (χ0n) is 22.3. The van der Waals surface area contributed by atoms with Crippen LogP contribution >= 0.6 is 0 Å². The highest BCUT2D eigenvalue weighted by atomic mass is 19.1. The van der Waals surface area contributed by atoms with Crippen molar-refractivity contribution in [3.05, 3.63) is 71.3 Å². The third kappa shape index (κ3) is 4.49. The van der Waals surface area contributed by atoms with Crippen LogP contribution in [0, 0.1) is 25.5 Å². The molecule has 1 aromatic carbocycles. The van der Waals surface area contributed by atoms with Crippen LogP contribution in [0.3, 0.4) is 0 Å². The molecule has 0 spiro atoms. The van der Waals surface area contributed by atoms with Gasteiger partial charge in [-0.1, -0.05) is 5.16 Å². The number of benzene rings is 1. The van der Waals surface area contributed by atoms with Crippen LogP contribution in [-0.2, 0) is 4.74 Å². The molecule has 0 unspecified atom stereocenters. The number of ether oxygens (including phenoxy) is 1. The second-order valence-corrected chi connectivity index (χ2v) is 10.6. The van der Waals surface area contributed by atoms with Crippen molar-refractivity contribution in [1.82, 2.24) is 29.9 Å². The van der Waals surface area contributed by atoms with Crippen LogP contribution in [0.5, 0.6) is 0 Å². The normalized spacial score (nSPS) is 19.5. The van der Waals surface area contributed by atoms with Gasteiger partial charge in [-0.25, -0.2) is 18.7 Å². The van der Waals surface area contributed by atoms with Gasteiger partial charge in [-0.2, -0.15) is 10.1 Å². The van der Waals surface area contributed by atoms with Crippen LogP contribution in [0.15, 0.2) is 47.2 Å². The monoisotopic (exact) mass is 543 g/mol. The molecule has 7 rings (SSSR count). The summed E-state index contributed by atoms with van der Waals surface area (Å²) >= 11 is 0. The first-order valence-electron chi connectivity index (χ1n) is 13.4. The van der Waals surface area contributed by atoms with Gasteiger partial charge in [0.25, 0.3) is 0 Å². The molecule has 40 heavy (non-hydrogen) atoms. The molecular weight excluding hydrogens is 516 g/mol. The highest BCUT2D eigenvalue weighted by molar-refractivity contribution is 5.94. The number of halogens is 2. The minimum Gasteiger partial charge on any atom is -0.367 e. The molecule has 204 valence electrons. The number of hydrogen-bond acceptors (Lipinski definition) is 8. The Hall–Kier alpha value is -4.25. The Morgan fingerprint density at radius 2 is 1.82 bits per heavy atom. The van der Waals surface area contributed by atoms with Crippen molar-refractivity contribution < 1.29 is 18.0 Å². The first kappa shape index (κ1) is 24.8. The standard InChI is InChI=1S/C29H27F2N7O2/c1-15-8-25(40-36-15)22-10-23-27(21-7-4-19(30)9-24(21)31)34-29(35-28(23)33-17(22)3)37-12-16(2)39-26(14-37)18-11-32-38(13-18)20-5-6-20/h4,7-11,13,16,20,26H,5-6,12,14H2,1-3H3/t16-,26-/m1/s1. The van der Waals surface area contributed by atoms with E-state index in [1.807, 2.05) is 48.7 Å². The van der Waals surface area contributed by atoms with Crippen molar-refractivity contribution in [3.63, 3.8) is 0 Å². The molecule has 2 fully saturated rings. The summed E-state index contributed by atoms with van der Waals surface area (Å²) in [6.07, 6.45) is 5.86. The van der Waals surface area contributed by atoms with E-state index < -0.39 is 11.6 Å². The summed E-state index contributed by atoms with van der Waals surface area (Å²) in [6, 6.07) is 7.59. The molecule has 11 heteroatoms. The third-order valence-electron chi connectivity index (χ3n) is 7.40. The molecule has 0 amide bonds. The van der Waals surface area contributed by atoms with Crippen LogP contribution in [0.2, 0.25) is 0 Å². The summed E-state index contributed by atoms with van der Waals surface area (Å²) in [7, 11) is 0. The van der Waals surface area contributed by atoms with E-state index in [1.165, 1.54) is 12.1 Å². The van der Waals surface area contributed by atoms with E-state index in [1.54, 1.807) is 0 Å². The summed E-state index contributed by atoms with van der Waals surface area (Å²) < 4.78 is 42.8. The lowest BCUT2D eigenvalue weighted by Crippen LogP contribution is -2.43. The first-order chi connectivity index (χ1) is 19.3. The van der Waals surface area contributed by atoms with Crippen LogP contribution in [0.1, 0.15) is 48.9 Å². The van der Waals surface area contributed by atoms with Gasteiger partial charge in [-0.05, 0) is 51.8 Å². The molecule has 1 saturated carbocycles. The van der Waals surface area contributed by atoms with Gasteiger partial charge >= 0.3 is 0 Å². The maximum atomic E-state index is 15.2. The Balaban J connectivity index is 1.34. The maximum absolute atomic E-state index is 15.2. The Morgan fingerprint density at radius 3 is 2.58 bits per heavy atom. The fourth-order valence-corrected chi connectivity index (χ4v) is 5.26. The highest BCUT2D eigenvalue weighted by Gasteiger charge is 2.32. The van der Waals surface area contributed by atoms with E-state index in [2.05, 4.69) is 16.5 Å². The summed E-state index contributed by atoms with van der Waals surface area (Å²) in [5.74, 6) is -0.445. The zero-order valence-corrected chi connectivity index (χ0v) is 22.3. The van der Waals surface area contributed by atoms with E-state index in [0.29, 0.717) is 58.8 Å². The number of anilines is 1. The highest BCUT2D eigenvalue weighted by Crippen LogP contribution is 2.37. The van der Waals surface area contributed by atoms with Crippen molar-refractivity contribution in [2.24, 2.45) is 0 Å². The van der Waals surface area contributed by atoms with Gasteiger partial charge in [0.1, 0.15) is 17.7 Å². The molecule has 9 nitrogen and oxygen atoms in total. The van der Waals surface area contributed by atoms with E-state index in [4.69, 9.17) is 24.2 Å². The van der Waals surface area contributed by atoms with Gasteiger partial charge in [-0.3, -0.25) is 4.68 Å². The molecule has 0 N–H and O–H groups in total. The number of aromatic nitrogens is 6. The summed E-state index contributed by atoms with van der Waals surface area (Å²) in [5, 5.41) is 9.03. The second-order valence-electron chi connectivity index (χ2n) is 10.6. The predicted molar refractivity (Wildman–Crippen MR) is 144 cm³/mol. The molecule has 0 radical (unpaired) electrons. The molecule has 2 aliphatic rings. The summed E-state index contributed by atoms with van der Waals surface area (Å²) in [5.41, 5.74) is 3.97. The molecule has 4 aromatic heterocycles. The van der Waals surface area contributed by atoms with Crippen molar-refractivity contribution in [2.45, 2.75) is 51.9 Å². The van der Waals surface area contributed by atoms with Gasteiger partial charge in [0.05, 0.1) is 42.0 Å². The van der Waals surface area contributed by atoms with Crippen molar-refractivity contribution in [1.29, 1.82) is 0 Å². The Labute approximate surface area is 228 Å². The molecule has 1 aliphatic heterocycles. The Bertz CT molecular complexity index is 1750. The quantitative estimate of drug-likeness (QED) is 0.277. The van der Waals surface area contributed by atoms with E-state index in [0.717, 1.165) is 30.2 Å². The van der Waals surface area contributed by atoms with Crippen molar-refractivity contribution in [2.75, 3.05) is 18.0 Å². The van der Waals surface area contributed by atoms with Gasteiger partial charge in [0, 0.05) is 47.0 Å². The molecule has 1 aliphatic carbocycles. The topological polar surface area (TPSA) is 95.0 Å². The molecule has 2 atom stereocenters. The average molecular weight is 544 g/mol. The average Bonchev–Trinajstić information content (AvgIpc) is 3.49. The van der Waals surface area contributed by atoms with Crippen LogP contribution in [-0.4, -0.2) is 49.1 Å². The second kappa shape index (κ2) is 9.44. The van der Waals surface area contributed by atoms with Gasteiger partial charge in [0.2, 0.25) is 5.95 Å². The number of hydrogen-bond donors (Lipinski definition) is 0. The number of aryl methyl sites for hydroxylation is 2. The number of nitrogens with zero attached hydrogens (tertiary/aromatic N) is 7. The minimum atomic E-state index is -0.718. The lowest BCUT2D eigenvalue weighted by atomic mass is 10.0. The lowest BCUT2D eigenvalue weighted by molar-refractivity contribution is -0.0178. The Kier molecular flexibility index (Phi) is 5.85. The fraction of sp³-hybridized carbons (Fsp3) is 0.345. The van der Waals surface area contributed by atoms with Crippen LogP contribution in [0.25, 0.3) is 33.6 Å². The number of pyridine rings is 1. The van der Waals surface area contributed by atoms with Crippen LogP contribution in [0.4, 0.5) is 14.7 Å². The summed E-state index contributed by atoms with van der Waals surface area (Å²) in [4.78, 5) is 16.5. The number of morpholine rings is 1. The smallest absolute Gasteiger partial charge is 0.228 e. The third-order valence-corrected chi connectivity index (χ3v) is 7.40. The minimum absolute atomic E-state index is 0.111. The van der Waals surface area contributed by atoms with Crippen molar-refractivity contribution in [3.8, 4) is 22.6 Å². The fourth-order valence-electron chi connectivity index (χ4n) is 5.26. The molecule has 5 aromatic rings. The van der Waals surface area contributed by atoms with Crippen molar-refractivity contribution >= 4 is 17.0 Å². The van der Waals surface area contributed by atoms with Gasteiger partial charge < -0.3 is 14.2 Å². The van der Waals surface area contributed by atoms with E-state index >= 15 is 4.39 Å². The largest absolute Gasteiger partial charge is 0.367 e. The summed E-state index contributed by atoms with van der Waals surface area (Å²) in [6.45, 7) is 6.72. The molecular formula is C29H27F2N7O2. The predicted octanol–water partition coefficient (Wildman–Crippen LogP) is 5.74. The number of rotatable bonds is 5. The first-order valence-corrected chi connectivity index (χ1v) is 13.4. The number of fused-ring (bicyclic) bond motifs is 1. The Morgan fingerprint density at radius 1 is 0.975 bits per heavy atom. The van der Waals surface area contributed by atoms with E-state index in [-0.39, 0.29) is 17.8 Å². The van der Waals surface area contributed by atoms with Gasteiger partial charge in [0.15, 0.2) is 11.4 Å². The van der Waals surface area contributed by atoms with E-state index in [9.17, 15) is 4.39 Å². The lowest BCUT2D eigenvalue weighted by Gasteiger charge is -2.36. The maximum Gasteiger partial charge on any atom is 0.228 e. The molecule has 0 bridgehead atoms. The molecule has 1 saturated heterocycles. The van der Waals surface area contributed by atoms with Gasteiger partial charge in [-0.15, -0.1) is 0 Å². The SMILES string of the molecule is Cc1cc(-c2cc3c(-c4ccc(F)cc4F)nc(N4C[C@@H](C)O[C@@H](c5cnn(C6CC6)c5)C4)nc3nc2C)on1. The molecule has 5 heterocycles. The zero-order chi connectivity index (χ0) is 27.5.